The highest BCUT2D eigenvalue weighted by atomic mass is 16.5. The Morgan fingerprint density at radius 1 is 1.27 bits per heavy atom. The zero-order valence-corrected chi connectivity index (χ0v) is 17.1. The second-order valence-electron chi connectivity index (χ2n) is 8.12. The topological polar surface area (TPSA) is 134 Å². The molecule has 1 saturated heterocycles. The van der Waals surface area contributed by atoms with Crippen LogP contribution >= 0.6 is 0 Å². The molecule has 2 fully saturated rings. The maximum atomic E-state index is 12.5. The predicted molar refractivity (Wildman–Crippen MR) is 105 cm³/mol. The van der Waals surface area contributed by atoms with Gasteiger partial charge in [0.15, 0.2) is 6.61 Å². The van der Waals surface area contributed by atoms with E-state index in [1.807, 2.05) is 0 Å². The van der Waals surface area contributed by atoms with Crippen LogP contribution in [0.25, 0.3) is 0 Å². The Bertz CT molecular complexity index is 775. The molecular formula is C20H28N4O6. The number of nitrogens with zero attached hydrogens (tertiary/aromatic N) is 1. The maximum absolute atomic E-state index is 12.5. The number of imide groups is 2. The summed E-state index contributed by atoms with van der Waals surface area (Å²) in [6.45, 7) is 0.798. The summed E-state index contributed by atoms with van der Waals surface area (Å²) in [6.07, 6.45) is 9.08. The van der Waals surface area contributed by atoms with Gasteiger partial charge in [0.25, 0.3) is 11.8 Å². The first-order valence-electron chi connectivity index (χ1n) is 10.3. The van der Waals surface area contributed by atoms with Gasteiger partial charge in [0.2, 0.25) is 0 Å². The molecule has 0 spiro atoms. The van der Waals surface area contributed by atoms with Gasteiger partial charge in [-0.3, -0.25) is 24.6 Å². The number of urea groups is 2. The van der Waals surface area contributed by atoms with Crippen LogP contribution in [0.1, 0.15) is 51.9 Å². The molecular weight excluding hydrogens is 392 g/mol. The van der Waals surface area contributed by atoms with Gasteiger partial charge < -0.3 is 15.4 Å². The second-order valence-corrected chi connectivity index (χ2v) is 8.12. The van der Waals surface area contributed by atoms with Crippen LogP contribution in [-0.4, -0.2) is 60.0 Å². The molecule has 6 amide bonds. The molecule has 0 aromatic rings. The number of hydrogen-bond donors (Lipinski definition) is 3. The lowest BCUT2D eigenvalue weighted by Crippen LogP contribution is -2.46. The predicted octanol–water partition coefficient (Wildman–Crippen LogP) is 0.966. The lowest BCUT2D eigenvalue weighted by atomic mass is 9.96. The Hall–Kier alpha value is -2.91. The van der Waals surface area contributed by atoms with Gasteiger partial charge in [-0.25, -0.2) is 9.59 Å². The lowest BCUT2D eigenvalue weighted by Gasteiger charge is -2.20. The van der Waals surface area contributed by atoms with Crippen LogP contribution < -0.4 is 16.0 Å². The van der Waals surface area contributed by atoms with Crippen LogP contribution in [-0.2, 0) is 19.1 Å². The van der Waals surface area contributed by atoms with Crippen molar-refractivity contribution >= 4 is 29.8 Å². The molecule has 0 bridgehead atoms. The van der Waals surface area contributed by atoms with Crippen LogP contribution in [0, 0.1) is 5.92 Å². The third kappa shape index (κ3) is 5.37. The largest absolute Gasteiger partial charge is 0.454 e. The minimum Gasteiger partial charge on any atom is -0.454 e. The van der Waals surface area contributed by atoms with Gasteiger partial charge in [-0.2, -0.15) is 0 Å². The molecule has 0 aromatic heterocycles. The monoisotopic (exact) mass is 420 g/mol. The van der Waals surface area contributed by atoms with Gasteiger partial charge in [-0.05, 0) is 57.8 Å². The third-order valence-corrected chi connectivity index (χ3v) is 5.72. The molecule has 10 heteroatoms. The van der Waals surface area contributed by atoms with Gasteiger partial charge in [0.1, 0.15) is 12.1 Å². The molecule has 1 heterocycles. The average molecular weight is 420 g/mol. The molecule has 164 valence electrons. The summed E-state index contributed by atoms with van der Waals surface area (Å²) < 4.78 is 4.79. The second kappa shape index (κ2) is 9.27. The van der Waals surface area contributed by atoms with Crippen molar-refractivity contribution in [3.63, 3.8) is 0 Å². The Morgan fingerprint density at radius 3 is 2.70 bits per heavy atom. The normalized spacial score (nSPS) is 23.5. The van der Waals surface area contributed by atoms with Gasteiger partial charge >= 0.3 is 18.0 Å². The molecule has 0 radical (unpaired) electrons. The number of allylic oxidation sites excluding steroid dienone is 1. The van der Waals surface area contributed by atoms with Crippen LogP contribution in [0.5, 0.6) is 0 Å². The van der Waals surface area contributed by atoms with Crippen molar-refractivity contribution in [2.24, 2.45) is 5.92 Å². The molecule has 3 aliphatic rings. The van der Waals surface area contributed by atoms with Crippen molar-refractivity contribution in [1.29, 1.82) is 0 Å². The van der Waals surface area contributed by atoms with E-state index in [1.54, 1.807) is 6.92 Å². The molecule has 10 nitrogen and oxygen atoms in total. The van der Waals surface area contributed by atoms with E-state index in [9.17, 15) is 24.0 Å². The molecule has 30 heavy (non-hydrogen) atoms. The Morgan fingerprint density at radius 2 is 2.03 bits per heavy atom. The van der Waals surface area contributed by atoms with E-state index in [1.165, 1.54) is 12.0 Å². The first kappa shape index (κ1) is 21.8. The lowest BCUT2D eigenvalue weighted by molar-refractivity contribution is -0.150. The Labute approximate surface area is 174 Å². The number of amides is 6. The van der Waals surface area contributed by atoms with E-state index >= 15 is 0 Å². The molecule has 3 N–H and O–H groups in total. The van der Waals surface area contributed by atoms with Crippen molar-refractivity contribution in [3.05, 3.63) is 11.6 Å². The Balaban J connectivity index is 1.33. The van der Waals surface area contributed by atoms with Gasteiger partial charge in [0.05, 0.1) is 0 Å². The first-order chi connectivity index (χ1) is 14.3. The Kier molecular flexibility index (Phi) is 6.73. The van der Waals surface area contributed by atoms with E-state index in [0.717, 1.165) is 43.4 Å². The van der Waals surface area contributed by atoms with Gasteiger partial charge in [-0.15, -0.1) is 0 Å². The minimum atomic E-state index is -0.986. The van der Waals surface area contributed by atoms with Crippen molar-refractivity contribution < 1.29 is 28.7 Å². The maximum Gasteiger partial charge on any atom is 0.326 e. The first-order valence-corrected chi connectivity index (χ1v) is 10.3. The van der Waals surface area contributed by atoms with Gasteiger partial charge in [-0.1, -0.05) is 11.6 Å². The van der Waals surface area contributed by atoms with Gasteiger partial charge in [0, 0.05) is 6.54 Å². The highest BCUT2D eigenvalue weighted by Crippen LogP contribution is 2.42. The summed E-state index contributed by atoms with van der Waals surface area (Å²) in [5.74, 6) is -2.09. The summed E-state index contributed by atoms with van der Waals surface area (Å²) in [7, 11) is 0. The van der Waals surface area contributed by atoms with Crippen LogP contribution in [0.3, 0.4) is 0 Å². The third-order valence-electron chi connectivity index (χ3n) is 5.72. The smallest absolute Gasteiger partial charge is 0.326 e. The zero-order valence-electron chi connectivity index (χ0n) is 17.1. The zero-order chi connectivity index (χ0) is 21.7. The summed E-state index contributed by atoms with van der Waals surface area (Å²) in [5.41, 5.74) is 0.320. The molecule has 2 aliphatic carbocycles. The van der Waals surface area contributed by atoms with Crippen molar-refractivity contribution in [2.45, 2.75) is 57.4 Å². The number of hydrogen-bond acceptors (Lipinski definition) is 6. The summed E-state index contributed by atoms with van der Waals surface area (Å²) in [6, 6.07) is -1.31. The summed E-state index contributed by atoms with van der Waals surface area (Å²) in [5, 5.41) is 7.29. The van der Waals surface area contributed by atoms with Crippen molar-refractivity contribution in [2.75, 3.05) is 19.7 Å². The van der Waals surface area contributed by atoms with Crippen molar-refractivity contribution in [3.8, 4) is 0 Å². The fraction of sp³-hybridized carbons (Fsp3) is 0.650. The number of esters is 1. The average Bonchev–Trinajstić information content (AvgIpc) is 3.53. The molecule has 1 saturated carbocycles. The van der Waals surface area contributed by atoms with E-state index in [4.69, 9.17) is 4.74 Å². The van der Waals surface area contributed by atoms with Crippen LogP contribution in [0.4, 0.5) is 9.59 Å². The molecule has 1 atom stereocenters. The number of ether oxygens (including phenoxy) is 1. The number of carbonyl (C=O) groups is 5. The van der Waals surface area contributed by atoms with E-state index < -0.39 is 48.5 Å². The van der Waals surface area contributed by atoms with Crippen LogP contribution in [0.2, 0.25) is 0 Å². The fourth-order valence-electron chi connectivity index (χ4n) is 3.79. The van der Waals surface area contributed by atoms with E-state index in [2.05, 4.69) is 22.0 Å². The highest BCUT2D eigenvalue weighted by molar-refractivity contribution is 6.09. The quantitative estimate of drug-likeness (QED) is 0.304. The number of carbonyl (C=O) groups excluding carboxylic acids is 5. The van der Waals surface area contributed by atoms with Crippen molar-refractivity contribution in [1.82, 2.24) is 20.9 Å². The molecule has 1 aliphatic heterocycles. The molecule has 3 rings (SSSR count). The SMILES string of the molecule is C[C@@]1(C2CC2)NC(=O)N(CC(=O)OCC(=O)NC(=O)NCCC2=CCCCC2)C1=O. The number of rotatable bonds is 8. The van der Waals surface area contributed by atoms with E-state index in [0.29, 0.717) is 6.54 Å². The fourth-order valence-corrected chi connectivity index (χ4v) is 3.79. The minimum absolute atomic E-state index is 0.0775. The number of nitrogens with one attached hydrogen (secondary N) is 3. The van der Waals surface area contributed by atoms with E-state index in [-0.39, 0.29) is 5.92 Å². The summed E-state index contributed by atoms with van der Waals surface area (Å²) >= 11 is 0. The summed E-state index contributed by atoms with van der Waals surface area (Å²) in [4.78, 5) is 60.7. The molecule has 0 unspecified atom stereocenters. The molecule has 0 aromatic carbocycles. The van der Waals surface area contributed by atoms with Crippen LogP contribution in [0.15, 0.2) is 11.6 Å². The standard InChI is InChI=1S/C20H28N4O6/c1-20(14-7-8-14)17(27)24(19(29)23-20)11-16(26)30-12-15(25)22-18(28)21-10-9-13-5-3-2-4-6-13/h5,14H,2-4,6-12H2,1H3,(H,23,29)(H2,21,22,25,28)/t20-/m0/s1. The highest BCUT2D eigenvalue weighted by Gasteiger charge is 2.56.